The molecule has 72 valence electrons. The van der Waals surface area contributed by atoms with Crippen LogP contribution in [0, 0.1) is 0 Å². The molecule has 0 aliphatic carbocycles. The van der Waals surface area contributed by atoms with Crippen LogP contribution in [-0.2, 0) is 6.42 Å². The molecule has 0 radical (unpaired) electrons. The van der Waals surface area contributed by atoms with Crippen molar-refractivity contribution >= 4 is 27.5 Å². The van der Waals surface area contributed by atoms with Gasteiger partial charge in [-0.2, -0.15) is 0 Å². The van der Waals surface area contributed by atoms with Crippen LogP contribution in [-0.4, -0.2) is 11.0 Å². The van der Waals surface area contributed by atoms with E-state index in [-0.39, 0.29) is 6.04 Å². The van der Waals surface area contributed by atoms with E-state index in [9.17, 15) is 0 Å². The maximum absolute atomic E-state index is 5.77. The minimum Gasteiger partial charge on any atom is -0.328 e. The Labute approximate surface area is 91.6 Å². The van der Waals surface area contributed by atoms with E-state index in [1.54, 1.807) is 6.20 Å². The van der Waals surface area contributed by atoms with Gasteiger partial charge in [0, 0.05) is 16.7 Å². The zero-order chi connectivity index (χ0) is 9.84. The first-order valence-electron chi connectivity index (χ1n) is 4.15. The van der Waals surface area contributed by atoms with Crippen LogP contribution in [0.2, 0.25) is 5.15 Å². The molecule has 1 heterocycles. The zero-order valence-electron chi connectivity index (χ0n) is 7.43. The van der Waals surface area contributed by atoms with Gasteiger partial charge in [-0.05, 0) is 47.3 Å². The Bertz CT molecular complexity index is 289. The molecular formula is C9H12BrClN2. The maximum atomic E-state index is 5.77. The Kier molecular flexibility index (Phi) is 4.16. The van der Waals surface area contributed by atoms with Gasteiger partial charge in [0.25, 0.3) is 0 Å². The fourth-order valence-electron chi connectivity index (χ4n) is 1.03. The molecule has 1 atom stereocenters. The molecule has 13 heavy (non-hydrogen) atoms. The van der Waals surface area contributed by atoms with Crippen LogP contribution in [0.25, 0.3) is 0 Å². The number of rotatable bonds is 3. The van der Waals surface area contributed by atoms with E-state index in [1.807, 2.05) is 13.0 Å². The van der Waals surface area contributed by atoms with Crippen molar-refractivity contribution in [1.29, 1.82) is 0 Å². The Balaban J connectivity index is 2.70. The third-order valence-electron chi connectivity index (χ3n) is 1.77. The van der Waals surface area contributed by atoms with Crippen molar-refractivity contribution in [2.45, 2.75) is 25.8 Å². The summed E-state index contributed by atoms with van der Waals surface area (Å²) in [7, 11) is 0. The van der Waals surface area contributed by atoms with Crippen molar-refractivity contribution in [1.82, 2.24) is 4.98 Å². The summed E-state index contributed by atoms with van der Waals surface area (Å²) < 4.78 is 0.998. The average molecular weight is 264 g/mol. The number of pyridine rings is 1. The van der Waals surface area contributed by atoms with Crippen LogP contribution in [0.1, 0.15) is 18.9 Å². The van der Waals surface area contributed by atoms with Crippen LogP contribution in [0.4, 0.5) is 0 Å². The second-order valence-electron chi connectivity index (χ2n) is 3.11. The highest BCUT2D eigenvalue weighted by atomic mass is 79.9. The number of aryl methyl sites for hydroxylation is 1. The van der Waals surface area contributed by atoms with Gasteiger partial charge in [-0.15, -0.1) is 0 Å². The predicted octanol–water partition coefficient (Wildman–Crippen LogP) is 2.78. The number of aromatic nitrogens is 1. The van der Waals surface area contributed by atoms with E-state index in [0.29, 0.717) is 5.15 Å². The molecule has 0 saturated carbocycles. The molecule has 1 rings (SSSR count). The first-order valence-corrected chi connectivity index (χ1v) is 5.32. The Morgan fingerprint density at radius 3 is 3.00 bits per heavy atom. The molecule has 0 spiro atoms. The number of halogens is 2. The third-order valence-corrected chi connectivity index (χ3v) is 2.69. The third kappa shape index (κ3) is 3.63. The Hall–Kier alpha value is -0.120. The second-order valence-corrected chi connectivity index (χ2v) is 4.36. The van der Waals surface area contributed by atoms with Gasteiger partial charge < -0.3 is 5.73 Å². The van der Waals surface area contributed by atoms with Crippen molar-refractivity contribution in [3.63, 3.8) is 0 Å². The normalized spacial score (nSPS) is 12.9. The standard InChI is InChI=1S/C9H12BrClN2/c1-6(12)2-3-7-4-9(11)13-5-8(7)10/h4-6H,2-3,12H2,1H3/t6-/m0/s1. The van der Waals surface area contributed by atoms with Gasteiger partial charge in [0.05, 0.1) is 0 Å². The van der Waals surface area contributed by atoms with Crippen LogP contribution in [0.3, 0.4) is 0 Å². The van der Waals surface area contributed by atoms with E-state index in [1.165, 1.54) is 0 Å². The number of nitrogens with zero attached hydrogens (tertiary/aromatic N) is 1. The fourth-order valence-corrected chi connectivity index (χ4v) is 1.62. The minimum atomic E-state index is 0.221. The quantitative estimate of drug-likeness (QED) is 0.852. The van der Waals surface area contributed by atoms with Gasteiger partial charge in [0.15, 0.2) is 0 Å². The highest BCUT2D eigenvalue weighted by molar-refractivity contribution is 9.10. The van der Waals surface area contributed by atoms with Crippen molar-refractivity contribution in [3.8, 4) is 0 Å². The largest absolute Gasteiger partial charge is 0.328 e. The number of nitrogens with two attached hydrogens (primary N) is 1. The molecule has 2 nitrogen and oxygen atoms in total. The summed E-state index contributed by atoms with van der Waals surface area (Å²) in [4.78, 5) is 3.95. The summed E-state index contributed by atoms with van der Waals surface area (Å²) in [6, 6.07) is 2.09. The van der Waals surface area contributed by atoms with Crippen LogP contribution in [0.5, 0.6) is 0 Å². The van der Waals surface area contributed by atoms with Crippen LogP contribution < -0.4 is 5.73 Å². The van der Waals surface area contributed by atoms with E-state index in [2.05, 4.69) is 20.9 Å². The average Bonchev–Trinajstić information content (AvgIpc) is 2.06. The fraction of sp³-hybridized carbons (Fsp3) is 0.444. The zero-order valence-corrected chi connectivity index (χ0v) is 9.77. The van der Waals surface area contributed by atoms with Crippen LogP contribution >= 0.6 is 27.5 Å². The summed E-state index contributed by atoms with van der Waals surface area (Å²) in [5, 5.41) is 0.530. The van der Waals surface area contributed by atoms with E-state index in [4.69, 9.17) is 17.3 Å². The van der Waals surface area contributed by atoms with Crippen molar-refractivity contribution in [3.05, 3.63) is 27.5 Å². The first-order chi connectivity index (χ1) is 6.09. The molecule has 0 amide bonds. The highest BCUT2D eigenvalue weighted by Crippen LogP contribution is 2.20. The van der Waals surface area contributed by atoms with Crippen molar-refractivity contribution in [2.75, 3.05) is 0 Å². The minimum absolute atomic E-state index is 0.221. The second kappa shape index (κ2) is 4.94. The monoisotopic (exact) mass is 262 g/mol. The van der Waals surface area contributed by atoms with Gasteiger partial charge >= 0.3 is 0 Å². The molecule has 1 aromatic heterocycles. The maximum Gasteiger partial charge on any atom is 0.129 e. The van der Waals surface area contributed by atoms with Crippen molar-refractivity contribution < 1.29 is 0 Å². The molecule has 1 aromatic rings. The lowest BCUT2D eigenvalue weighted by Gasteiger charge is -2.06. The van der Waals surface area contributed by atoms with Gasteiger partial charge in [-0.25, -0.2) is 4.98 Å². The van der Waals surface area contributed by atoms with E-state index < -0.39 is 0 Å². The molecule has 0 bridgehead atoms. The Morgan fingerprint density at radius 1 is 1.69 bits per heavy atom. The Morgan fingerprint density at radius 2 is 2.38 bits per heavy atom. The SMILES string of the molecule is C[C@H](N)CCc1cc(Cl)ncc1Br. The summed E-state index contributed by atoms with van der Waals surface area (Å²) in [5.74, 6) is 0. The number of hydrogen-bond acceptors (Lipinski definition) is 2. The van der Waals surface area contributed by atoms with Gasteiger partial charge in [0.2, 0.25) is 0 Å². The summed E-state index contributed by atoms with van der Waals surface area (Å²) in [6.07, 6.45) is 3.61. The molecular weight excluding hydrogens is 251 g/mol. The molecule has 0 unspecified atom stereocenters. The van der Waals surface area contributed by atoms with Gasteiger partial charge in [-0.3, -0.25) is 0 Å². The lowest BCUT2D eigenvalue weighted by Crippen LogP contribution is -2.15. The topological polar surface area (TPSA) is 38.9 Å². The molecule has 0 fully saturated rings. The number of hydrogen-bond donors (Lipinski definition) is 1. The smallest absolute Gasteiger partial charge is 0.129 e. The van der Waals surface area contributed by atoms with E-state index >= 15 is 0 Å². The summed E-state index contributed by atoms with van der Waals surface area (Å²) >= 11 is 9.19. The molecule has 0 aliphatic rings. The molecule has 0 aliphatic heterocycles. The summed E-state index contributed by atoms with van der Waals surface area (Å²) in [5.41, 5.74) is 6.83. The first kappa shape index (κ1) is 11.0. The lowest BCUT2D eigenvalue weighted by molar-refractivity contribution is 0.664. The van der Waals surface area contributed by atoms with Crippen molar-refractivity contribution in [2.24, 2.45) is 5.73 Å². The summed E-state index contributed by atoms with van der Waals surface area (Å²) in [6.45, 7) is 2.00. The molecule has 4 heteroatoms. The predicted molar refractivity (Wildman–Crippen MR) is 58.9 cm³/mol. The molecule has 2 N–H and O–H groups in total. The van der Waals surface area contributed by atoms with Crippen LogP contribution in [0.15, 0.2) is 16.7 Å². The highest BCUT2D eigenvalue weighted by Gasteiger charge is 2.03. The van der Waals surface area contributed by atoms with Gasteiger partial charge in [-0.1, -0.05) is 11.6 Å². The van der Waals surface area contributed by atoms with E-state index in [0.717, 1.165) is 22.9 Å². The lowest BCUT2D eigenvalue weighted by atomic mass is 10.1. The van der Waals surface area contributed by atoms with Gasteiger partial charge in [0.1, 0.15) is 5.15 Å². The molecule has 0 aromatic carbocycles. The molecule has 0 saturated heterocycles.